The van der Waals surface area contributed by atoms with Crippen molar-refractivity contribution in [2.75, 3.05) is 0 Å². The second kappa shape index (κ2) is 9.18. The first-order valence-electron chi connectivity index (χ1n) is 13.3. The predicted molar refractivity (Wildman–Crippen MR) is 156 cm³/mol. The molecule has 0 aliphatic carbocycles. The van der Waals surface area contributed by atoms with Crippen molar-refractivity contribution in [3.05, 3.63) is 133 Å². The maximum Gasteiger partial charge on any atom is 4.00 e. The van der Waals surface area contributed by atoms with Crippen LogP contribution in [0.4, 0.5) is 0 Å². The molecule has 200 valence electrons. The van der Waals surface area contributed by atoms with E-state index in [9.17, 15) is 0 Å². The molecule has 6 aromatic rings. The molecule has 41 heavy (non-hydrogen) atoms. The summed E-state index contributed by atoms with van der Waals surface area (Å²) in [6, 6.07) is 35.6. The Hall–Kier alpha value is -4.67. The molecule has 0 unspecified atom stereocenters. The van der Waals surface area contributed by atoms with Crippen LogP contribution in [0.1, 0.15) is 11.1 Å². The fourth-order valence-corrected chi connectivity index (χ4v) is 5.97. The van der Waals surface area contributed by atoms with Crippen LogP contribution in [0.15, 0.2) is 119 Å². The van der Waals surface area contributed by atoms with Crippen molar-refractivity contribution >= 4 is 43.9 Å². The number of benzene rings is 4. The van der Waals surface area contributed by atoms with Gasteiger partial charge in [-0.1, -0.05) is 58.5 Å². The molecule has 0 amide bonds. The fraction of sp³-hybridized carbons (Fsp3) is 0.0588. The summed E-state index contributed by atoms with van der Waals surface area (Å²) in [5, 5.41) is 4.51. The molecule has 4 aromatic carbocycles. The van der Waals surface area contributed by atoms with E-state index in [1.807, 2.05) is 48.5 Å². The van der Waals surface area contributed by atoms with Crippen LogP contribution < -0.4 is 0 Å². The molecule has 3 aliphatic rings. The predicted octanol–water partition coefficient (Wildman–Crippen LogP) is 7.80. The first-order valence-corrected chi connectivity index (χ1v) is 13.3. The molecule has 3 aliphatic heterocycles. The van der Waals surface area contributed by atoms with Gasteiger partial charge in [0.2, 0.25) is 0 Å². The van der Waals surface area contributed by atoms with Gasteiger partial charge in [-0.25, -0.2) is 0 Å². The Bertz CT molecular complexity index is 2140. The molecule has 0 saturated heterocycles. The maximum absolute atomic E-state index is 6.24. The van der Waals surface area contributed by atoms with E-state index in [1.165, 1.54) is 0 Å². The summed E-state index contributed by atoms with van der Waals surface area (Å²) in [5.74, 6) is 0. The molecule has 0 atom stereocenters. The quantitative estimate of drug-likeness (QED) is 0.175. The van der Waals surface area contributed by atoms with E-state index < -0.39 is 0 Å². The van der Waals surface area contributed by atoms with Crippen LogP contribution in [0.25, 0.3) is 55.3 Å². The molecule has 0 spiro atoms. The molecule has 0 fully saturated rings. The van der Waals surface area contributed by atoms with Crippen molar-refractivity contribution in [3.8, 4) is 11.4 Å². The van der Waals surface area contributed by atoms with Gasteiger partial charge in [-0.3, -0.25) is 0 Å². The molecule has 6 nitrogen and oxygen atoms in total. The number of furan rings is 2. The van der Waals surface area contributed by atoms with Gasteiger partial charge in [-0.2, -0.15) is 36.4 Å². The van der Waals surface area contributed by atoms with Gasteiger partial charge in [0.05, 0.1) is 0 Å². The van der Waals surface area contributed by atoms with Gasteiger partial charge in [0.15, 0.2) is 0 Å². The number of aromatic nitrogens is 4. The first-order chi connectivity index (χ1) is 19.8. The zero-order valence-corrected chi connectivity index (χ0v) is 24.0. The van der Waals surface area contributed by atoms with Crippen LogP contribution in [0.3, 0.4) is 0 Å². The van der Waals surface area contributed by atoms with Gasteiger partial charge < -0.3 is 27.3 Å². The number of imidazole rings is 2. The van der Waals surface area contributed by atoms with Crippen LogP contribution in [0, 0.1) is 12.1 Å². The second-order valence-electron chi connectivity index (χ2n) is 10.3. The monoisotopic (exact) mass is 713 g/mol. The molecule has 0 N–H and O–H groups in total. The molecule has 9 rings (SSSR count). The molecule has 5 heterocycles. The van der Waals surface area contributed by atoms with Crippen LogP contribution in [0.5, 0.6) is 0 Å². The average molecular weight is 714 g/mol. The van der Waals surface area contributed by atoms with Crippen molar-refractivity contribution in [3.63, 3.8) is 0 Å². The SMILES string of the molecule is [Pt+4].[c-]1ccc2c(oc3ccccc32)c1Cn1cc2ccc3cn(Cc4[c-]ccc5c4oc4ccccc45)[cH-]n-3n-2[cH-]1. The van der Waals surface area contributed by atoms with E-state index in [0.717, 1.165) is 66.4 Å². The second-order valence-corrected chi connectivity index (χ2v) is 10.3. The third kappa shape index (κ3) is 3.75. The maximum atomic E-state index is 6.24. The summed E-state index contributed by atoms with van der Waals surface area (Å²) in [6.07, 6.45) is 8.55. The summed E-state index contributed by atoms with van der Waals surface area (Å²) >= 11 is 0. The van der Waals surface area contributed by atoms with E-state index >= 15 is 0 Å². The number of nitrogens with zero attached hydrogens (tertiary/aromatic N) is 4. The Morgan fingerprint density at radius 2 is 1.02 bits per heavy atom. The van der Waals surface area contributed by atoms with Gasteiger partial charge in [0.1, 0.15) is 11.2 Å². The zero-order valence-electron chi connectivity index (χ0n) is 21.7. The zero-order chi connectivity index (χ0) is 26.2. The van der Waals surface area contributed by atoms with Crippen molar-refractivity contribution in [1.29, 1.82) is 0 Å². The van der Waals surface area contributed by atoms with Crippen LogP contribution in [-0.2, 0) is 34.2 Å². The number of fused-ring (bicyclic) bond motifs is 9. The first kappa shape index (κ1) is 24.2. The van der Waals surface area contributed by atoms with Crippen LogP contribution in [-0.4, -0.2) is 18.5 Å². The fourth-order valence-electron chi connectivity index (χ4n) is 5.97. The van der Waals surface area contributed by atoms with Crippen molar-refractivity contribution in [2.24, 2.45) is 0 Å². The minimum absolute atomic E-state index is 0. The smallest absolute Gasteiger partial charge is 0.515 e. The molecule has 2 aromatic heterocycles. The number of hydrogen-bond donors (Lipinski definition) is 0. The Morgan fingerprint density at radius 1 is 0.561 bits per heavy atom. The van der Waals surface area contributed by atoms with E-state index in [2.05, 4.69) is 92.1 Å². The minimum Gasteiger partial charge on any atom is -0.515 e. The van der Waals surface area contributed by atoms with Gasteiger partial charge in [-0.15, -0.1) is 35.7 Å². The van der Waals surface area contributed by atoms with Crippen molar-refractivity contribution < 1.29 is 29.9 Å². The summed E-state index contributed by atoms with van der Waals surface area (Å²) in [4.78, 5) is 0. The Morgan fingerprint density at radius 3 is 1.51 bits per heavy atom. The van der Waals surface area contributed by atoms with Gasteiger partial charge in [0, 0.05) is 35.0 Å². The minimum atomic E-state index is 0. The topological polar surface area (TPSA) is 46.0 Å². The molecule has 0 radical (unpaired) electrons. The molecule has 0 bridgehead atoms. The standard InChI is InChI=1S/C34H22N4O2.Pt/c1-3-13-31-27(9-1)29-11-5-7-23(33(29)39-31)17-35-19-25-15-16-26-20-36(22-38(26)37(25)21-35)18-24-8-6-12-30-28-10-2-4-14-32(28)40-34(24)30;/h1-6,9-16,19-22H,17-18H2;/q-4;+4. The van der Waals surface area contributed by atoms with Crippen molar-refractivity contribution in [2.45, 2.75) is 13.1 Å². The van der Waals surface area contributed by atoms with Crippen LogP contribution in [0.2, 0.25) is 0 Å². The largest absolute Gasteiger partial charge is 4.00 e. The third-order valence-corrected chi connectivity index (χ3v) is 7.81. The molecular weight excluding hydrogens is 691 g/mol. The van der Waals surface area contributed by atoms with E-state index in [-0.39, 0.29) is 21.1 Å². The Labute approximate surface area is 249 Å². The summed E-state index contributed by atoms with van der Waals surface area (Å²) in [5.41, 5.74) is 7.85. The normalized spacial score (nSPS) is 11.9. The Kier molecular flexibility index (Phi) is 5.41. The van der Waals surface area contributed by atoms with Gasteiger partial charge >= 0.3 is 21.1 Å². The van der Waals surface area contributed by atoms with Gasteiger partial charge in [0.25, 0.3) is 0 Å². The Balaban J connectivity index is 0.00000256. The number of rotatable bonds is 4. The summed E-state index contributed by atoms with van der Waals surface area (Å²) < 4.78 is 21.2. The summed E-state index contributed by atoms with van der Waals surface area (Å²) in [7, 11) is 0. The molecule has 0 saturated carbocycles. The van der Waals surface area contributed by atoms with E-state index in [0.29, 0.717) is 13.1 Å². The molecule has 7 heteroatoms. The third-order valence-electron chi connectivity index (χ3n) is 7.81. The van der Waals surface area contributed by atoms with E-state index in [1.54, 1.807) is 0 Å². The van der Waals surface area contributed by atoms with Gasteiger partial charge in [-0.05, 0) is 24.8 Å². The number of para-hydroxylation sites is 2. The molecular formula is C34H22N4O2Pt. The summed E-state index contributed by atoms with van der Waals surface area (Å²) in [6.45, 7) is 1.31. The van der Waals surface area contributed by atoms with E-state index in [4.69, 9.17) is 8.83 Å². The number of hydrogen-bond acceptors (Lipinski definition) is 2. The van der Waals surface area contributed by atoms with Crippen molar-refractivity contribution in [1.82, 2.24) is 18.5 Å². The van der Waals surface area contributed by atoms with Crippen LogP contribution >= 0.6 is 0 Å². The average Bonchev–Trinajstić information content (AvgIpc) is 3.75.